The highest BCUT2D eigenvalue weighted by molar-refractivity contribution is 5.94. The van der Waals surface area contributed by atoms with Gasteiger partial charge < -0.3 is 10.8 Å². The van der Waals surface area contributed by atoms with Crippen molar-refractivity contribution in [3.63, 3.8) is 0 Å². The van der Waals surface area contributed by atoms with E-state index < -0.39 is 10.9 Å². The molecule has 1 aromatic carbocycles. The summed E-state index contributed by atoms with van der Waals surface area (Å²) >= 11 is 0. The van der Waals surface area contributed by atoms with Gasteiger partial charge in [0, 0.05) is 17.8 Å². The lowest BCUT2D eigenvalue weighted by Gasteiger charge is -1.98. The van der Waals surface area contributed by atoms with E-state index >= 15 is 0 Å². The third kappa shape index (κ3) is 3.26. The lowest BCUT2D eigenvalue weighted by molar-refractivity contribution is -0.384. The van der Waals surface area contributed by atoms with E-state index in [-0.39, 0.29) is 16.9 Å². The van der Waals surface area contributed by atoms with Gasteiger partial charge in [-0.2, -0.15) is 0 Å². The average Bonchev–Trinajstić information content (AvgIpc) is 2.20. The number of hydrogen-bond acceptors (Lipinski definition) is 4. The van der Waals surface area contributed by atoms with Crippen molar-refractivity contribution < 1.29 is 14.8 Å². The lowest BCUT2D eigenvalue weighted by Crippen LogP contribution is -2.03. The molecule has 15 heavy (non-hydrogen) atoms. The molecule has 0 aromatic heterocycles. The maximum atomic E-state index is 10.5. The van der Waals surface area contributed by atoms with Crippen molar-refractivity contribution in [3.05, 3.63) is 33.9 Å². The highest BCUT2D eigenvalue weighted by Gasteiger charge is 2.13. The van der Waals surface area contributed by atoms with Gasteiger partial charge in [0.1, 0.15) is 0 Å². The van der Waals surface area contributed by atoms with Crippen LogP contribution in [0.1, 0.15) is 24.2 Å². The molecule has 1 rings (SSSR count). The van der Waals surface area contributed by atoms with Gasteiger partial charge >= 0.3 is 5.97 Å². The van der Waals surface area contributed by atoms with Gasteiger partial charge in [-0.25, -0.2) is 4.79 Å². The fourth-order valence-electron chi connectivity index (χ4n) is 0.843. The number of non-ortho nitro benzene ring substituents is 1. The van der Waals surface area contributed by atoms with Gasteiger partial charge in [0.15, 0.2) is 0 Å². The number of nitrogens with two attached hydrogens (primary N) is 1. The Kier molecular flexibility index (Phi) is 4.80. The number of hydrogen-bond donors (Lipinski definition) is 2. The molecule has 0 spiro atoms. The third-order valence-electron chi connectivity index (χ3n) is 1.48. The van der Waals surface area contributed by atoms with Gasteiger partial charge in [-0.3, -0.25) is 10.1 Å². The molecule has 0 aliphatic rings. The summed E-state index contributed by atoms with van der Waals surface area (Å²) in [7, 11) is 0. The second-order valence-corrected chi connectivity index (χ2v) is 2.33. The summed E-state index contributed by atoms with van der Waals surface area (Å²) in [6.07, 6.45) is 0. The molecule has 0 heterocycles. The molecule has 0 unspecified atom stereocenters. The Morgan fingerprint density at radius 1 is 1.47 bits per heavy atom. The van der Waals surface area contributed by atoms with Crippen LogP contribution in [0.5, 0.6) is 0 Å². The maximum Gasteiger partial charge on any atom is 0.338 e. The Bertz CT molecular complexity index is 376. The summed E-state index contributed by atoms with van der Waals surface area (Å²) in [5, 5.41) is 18.8. The van der Waals surface area contributed by atoms with Crippen molar-refractivity contribution in [2.45, 2.75) is 13.8 Å². The van der Waals surface area contributed by atoms with Gasteiger partial charge in [0.05, 0.1) is 10.5 Å². The minimum Gasteiger partial charge on any atom is -0.478 e. The predicted octanol–water partition coefficient (Wildman–Crippen LogP) is 1.90. The van der Waals surface area contributed by atoms with E-state index in [1.807, 2.05) is 13.8 Å². The fourth-order valence-corrected chi connectivity index (χ4v) is 0.843. The summed E-state index contributed by atoms with van der Waals surface area (Å²) in [4.78, 5) is 20.1. The molecule has 0 fully saturated rings. The zero-order valence-corrected chi connectivity index (χ0v) is 8.43. The van der Waals surface area contributed by atoms with Crippen LogP contribution in [0, 0.1) is 10.1 Å². The largest absolute Gasteiger partial charge is 0.478 e. The van der Waals surface area contributed by atoms with Crippen LogP contribution in [0.3, 0.4) is 0 Å². The first-order valence-electron chi connectivity index (χ1n) is 4.29. The van der Waals surface area contributed by atoms with Crippen molar-refractivity contribution in [1.82, 2.24) is 0 Å². The van der Waals surface area contributed by atoms with Crippen LogP contribution in [0.25, 0.3) is 0 Å². The first-order valence-corrected chi connectivity index (χ1v) is 4.29. The molecule has 0 atom stereocenters. The Hall–Kier alpha value is -2.11. The number of nitro groups is 1. The molecule has 0 radical (unpaired) electrons. The molecule has 0 saturated heterocycles. The topological polar surface area (TPSA) is 106 Å². The quantitative estimate of drug-likeness (QED) is 0.442. The number of nitro benzene ring substituents is 1. The average molecular weight is 212 g/mol. The minimum atomic E-state index is -1.28. The van der Waals surface area contributed by atoms with Crippen LogP contribution in [0.2, 0.25) is 0 Å². The van der Waals surface area contributed by atoms with Crippen molar-refractivity contribution in [3.8, 4) is 0 Å². The highest BCUT2D eigenvalue weighted by Crippen LogP contribution is 2.19. The van der Waals surface area contributed by atoms with Crippen molar-refractivity contribution in [1.29, 1.82) is 0 Å². The number of nitrogen functional groups attached to an aromatic ring is 1. The Labute approximate surface area is 86.5 Å². The van der Waals surface area contributed by atoms with E-state index in [1.165, 1.54) is 6.07 Å². The number of aromatic carboxylic acids is 1. The number of carbonyl (C=O) groups is 1. The van der Waals surface area contributed by atoms with E-state index in [9.17, 15) is 14.9 Å². The van der Waals surface area contributed by atoms with E-state index in [4.69, 9.17) is 10.8 Å². The lowest BCUT2D eigenvalue weighted by atomic mass is 10.1. The van der Waals surface area contributed by atoms with Gasteiger partial charge in [0.25, 0.3) is 5.69 Å². The predicted molar refractivity (Wildman–Crippen MR) is 55.8 cm³/mol. The van der Waals surface area contributed by atoms with Crippen molar-refractivity contribution in [2.24, 2.45) is 0 Å². The molecule has 6 heteroatoms. The minimum absolute atomic E-state index is 0.0121. The summed E-state index contributed by atoms with van der Waals surface area (Å²) in [6, 6.07) is 3.28. The normalized spacial score (nSPS) is 8.67. The molecule has 82 valence electrons. The van der Waals surface area contributed by atoms with Crippen LogP contribution in [-0.2, 0) is 0 Å². The molecular formula is C9H12N2O4. The van der Waals surface area contributed by atoms with Crippen LogP contribution < -0.4 is 5.73 Å². The van der Waals surface area contributed by atoms with E-state index in [1.54, 1.807) is 0 Å². The Morgan fingerprint density at radius 2 is 2.00 bits per heavy atom. The molecule has 0 aliphatic carbocycles. The summed E-state index contributed by atoms with van der Waals surface area (Å²) in [5.74, 6) is -1.28. The summed E-state index contributed by atoms with van der Waals surface area (Å²) in [5.41, 5.74) is 4.76. The monoisotopic (exact) mass is 212 g/mol. The van der Waals surface area contributed by atoms with Gasteiger partial charge in [0.2, 0.25) is 0 Å². The second kappa shape index (κ2) is 5.58. The Morgan fingerprint density at radius 3 is 2.40 bits per heavy atom. The molecule has 1 aromatic rings. The molecule has 6 nitrogen and oxygen atoms in total. The van der Waals surface area contributed by atoms with Crippen LogP contribution in [0.4, 0.5) is 11.4 Å². The van der Waals surface area contributed by atoms with Gasteiger partial charge in [-0.15, -0.1) is 0 Å². The number of carboxylic acids is 1. The standard InChI is InChI=1S/C7H6N2O4.C2H6/c8-6-2-1-4(9(12)13)3-5(6)7(10)11;1-2/h1-3H,8H2,(H,10,11);1-2H3. The van der Waals surface area contributed by atoms with E-state index in [0.717, 1.165) is 12.1 Å². The van der Waals surface area contributed by atoms with Crippen LogP contribution in [-0.4, -0.2) is 16.0 Å². The fraction of sp³-hybridized carbons (Fsp3) is 0.222. The van der Waals surface area contributed by atoms with Crippen LogP contribution >= 0.6 is 0 Å². The highest BCUT2D eigenvalue weighted by atomic mass is 16.6. The molecule has 0 saturated carbocycles. The number of carboxylic acid groups (broad SMARTS) is 1. The second-order valence-electron chi connectivity index (χ2n) is 2.33. The van der Waals surface area contributed by atoms with Gasteiger partial charge in [-0.1, -0.05) is 13.8 Å². The molecule has 0 amide bonds. The molecule has 0 bridgehead atoms. The zero-order valence-electron chi connectivity index (χ0n) is 8.43. The third-order valence-corrected chi connectivity index (χ3v) is 1.48. The smallest absolute Gasteiger partial charge is 0.338 e. The number of rotatable bonds is 2. The molecule has 0 aliphatic heterocycles. The Balaban J connectivity index is 0.000000921. The summed E-state index contributed by atoms with van der Waals surface area (Å²) in [6.45, 7) is 4.00. The van der Waals surface area contributed by atoms with E-state index in [0.29, 0.717) is 0 Å². The number of nitrogens with zero attached hydrogens (tertiary/aromatic N) is 1. The van der Waals surface area contributed by atoms with E-state index in [2.05, 4.69) is 0 Å². The van der Waals surface area contributed by atoms with Crippen LogP contribution in [0.15, 0.2) is 18.2 Å². The SMILES string of the molecule is CC.Nc1ccc([N+](=O)[O-])cc1C(=O)O. The zero-order chi connectivity index (χ0) is 12.0. The van der Waals surface area contributed by atoms with Gasteiger partial charge in [-0.05, 0) is 6.07 Å². The first kappa shape index (κ1) is 12.9. The number of benzene rings is 1. The number of anilines is 1. The first-order chi connectivity index (χ1) is 7.02. The maximum absolute atomic E-state index is 10.5. The van der Waals surface area contributed by atoms with Crippen molar-refractivity contribution in [2.75, 3.05) is 5.73 Å². The summed E-state index contributed by atoms with van der Waals surface area (Å²) < 4.78 is 0. The molecule has 3 N–H and O–H groups in total. The van der Waals surface area contributed by atoms with Crippen molar-refractivity contribution >= 4 is 17.3 Å². The molecular weight excluding hydrogens is 200 g/mol.